The molecular weight excluding hydrogens is 162 g/mol. The van der Waals surface area contributed by atoms with Crippen molar-refractivity contribution in [3.63, 3.8) is 0 Å². The van der Waals surface area contributed by atoms with E-state index in [0.29, 0.717) is 12.0 Å². The zero-order valence-corrected chi connectivity index (χ0v) is 8.11. The van der Waals surface area contributed by atoms with Gasteiger partial charge in [0.25, 0.3) is 0 Å². The fourth-order valence-corrected chi connectivity index (χ4v) is 2.25. The third-order valence-corrected chi connectivity index (χ3v) is 3.05. The quantitative estimate of drug-likeness (QED) is 0.708. The van der Waals surface area contributed by atoms with E-state index in [1.807, 2.05) is 19.6 Å². The first-order valence-corrected chi connectivity index (χ1v) is 5.01. The highest BCUT2D eigenvalue weighted by Crippen LogP contribution is 2.31. The van der Waals surface area contributed by atoms with Crippen LogP contribution in [0.25, 0.3) is 0 Å². The highest BCUT2D eigenvalue weighted by molar-refractivity contribution is 5.10. The summed E-state index contributed by atoms with van der Waals surface area (Å²) in [7, 11) is 2.05. The number of hydrogen-bond donors (Lipinski definition) is 1. The molecule has 3 heteroatoms. The molecule has 0 aromatic carbocycles. The number of aromatic nitrogens is 2. The third kappa shape index (κ3) is 1.61. The first-order valence-electron chi connectivity index (χ1n) is 5.01. The van der Waals surface area contributed by atoms with Crippen molar-refractivity contribution in [2.24, 2.45) is 12.8 Å². The van der Waals surface area contributed by atoms with E-state index >= 15 is 0 Å². The van der Waals surface area contributed by atoms with Crippen molar-refractivity contribution >= 4 is 0 Å². The lowest BCUT2D eigenvalue weighted by atomic mass is 9.83. The predicted molar refractivity (Wildman–Crippen MR) is 52.4 cm³/mol. The summed E-state index contributed by atoms with van der Waals surface area (Å²) in [6.07, 6.45) is 8.79. The van der Waals surface area contributed by atoms with Gasteiger partial charge in [0.05, 0.1) is 6.33 Å². The largest absolute Gasteiger partial charge is 0.337 e. The van der Waals surface area contributed by atoms with Crippen LogP contribution in [-0.2, 0) is 7.05 Å². The molecule has 0 saturated heterocycles. The number of imidazole rings is 1. The molecule has 13 heavy (non-hydrogen) atoms. The van der Waals surface area contributed by atoms with Crippen LogP contribution in [0.1, 0.15) is 37.3 Å². The van der Waals surface area contributed by atoms with Crippen molar-refractivity contribution in [1.29, 1.82) is 0 Å². The molecule has 0 amide bonds. The molecule has 0 radical (unpaired) electrons. The minimum absolute atomic E-state index is 0.337. The molecule has 72 valence electrons. The van der Waals surface area contributed by atoms with E-state index in [2.05, 4.69) is 9.55 Å². The van der Waals surface area contributed by atoms with Gasteiger partial charge in [0.15, 0.2) is 0 Å². The van der Waals surface area contributed by atoms with Gasteiger partial charge in [-0.25, -0.2) is 4.98 Å². The van der Waals surface area contributed by atoms with Gasteiger partial charge in [0, 0.05) is 30.9 Å². The molecule has 2 rings (SSSR count). The molecule has 1 saturated carbocycles. The fourth-order valence-electron chi connectivity index (χ4n) is 2.25. The Morgan fingerprint density at radius 3 is 2.85 bits per heavy atom. The third-order valence-electron chi connectivity index (χ3n) is 3.05. The molecule has 1 fully saturated rings. The molecule has 3 nitrogen and oxygen atoms in total. The average Bonchev–Trinajstić information content (AvgIpc) is 2.52. The van der Waals surface area contributed by atoms with E-state index in [1.165, 1.54) is 25.0 Å². The van der Waals surface area contributed by atoms with Crippen molar-refractivity contribution < 1.29 is 0 Å². The molecule has 1 aromatic rings. The Balaban J connectivity index is 2.19. The standard InChI is InChI=1S/C10H17N3/c1-13-7-12-6-10(13)8-4-2-3-5-9(8)11/h6-9H,2-5,11H2,1H3. The van der Waals surface area contributed by atoms with Gasteiger partial charge >= 0.3 is 0 Å². The molecule has 0 spiro atoms. The molecule has 1 aromatic heterocycles. The number of nitrogens with two attached hydrogens (primary N) is 1. The summed E-state index contributed by atoms with van der Waals surface area (Å²) in [5.74, 6) is 0.529. The molecule has 2 atom stereocenters. The number of aryl methyl sites for hydroxylation is 1. The lowest BCUT2D eigenvalue weighted by Crippen LogP contribution is -2.32. The normalized spacial score (nSPS) is 29.1. The summed E-state index contributed by atoms with van der Waals surface area (Å²) < 4.78 is 2.09. The Kier molecular flexibility index (Phi) is 2.36. The van der Waals surface area contributed by atoms with Gasteiger partial charge < -0.3 is 10.3 Å². The minimum atomic E-state index is 0.337. The maximum absolute atomic E-state index is 6.10. The molecule has 0 aliphatic heterocycles. The summed E-state index contributed by atoms with van der Waals surface area (Å²) in [6.45, 7) is 0. The van der Waals surface area contributed by atoms with Gasteiger partial charge in [-0.3, -0.25) is 0 Å². The minimum Gasteiger partial charge on any atom is -0.337 e. The molecule has 1 aliphatic rings. The second kappa shape index (κ2) is 3.50. The van der Waals surface area contributed by atoms with Crippen LogP contribution in [0.4, 0.5) is 0 Å². The van der Waals surface area contributed by atoms with E-state index in [0.717, 1.165) is 6.42 Å². The van der Waals surface area contributed by atoms with Gasteiger partial charge in [-0.1, -0.05) is 12.8 Å². The van der Waals surface area contributed by atoms with E-state index < -0.39 is 0 Å². The summed E-state index contributed by atoms with van der Waals surface area (Å²) in [5.41, 5.74) is 7.40. The van der Waals surface area contributed by atoms with Gasteiger partial charge in [-0.2, -0.15) is 0 Å². The van der Waals surface area contributed by atoms with Crippen molar-refractivity contribution in [3.8, 4) is 0 Å². The zero-order valence-electron chi connectivity index (χ0n) is 8.11. The number of hydrogen-bond acceptors (Lipinski definition) is 2. The average molecular weight is 179 g/mol. The van der Waals surface area contributed by atoms with Crippen LogP contribution >= 0.6 is 0 Å². The molecule has 0 bridgehead atoms. The van der Waals surface area contributed by atoms with E-state index in [9.17, 15) is 0 Å². The number of nitrogens with zero attached hydrogens (tertiary/aromatic N) is 2. The number of rotatable bonds is 1. The van der Waals surface area contributed by atoms with Crippen LogP contribution in [0, 0.1) is 0 Å². The Hall–Kier alpha value is -0.830. The van der Waals surface area contributed by atoms with Gasteiger partial charge in [-0.15, -0.1) is 0 Å². The topological polar surface area (TPSA) is 43.8 Å². The van der Waals surface area contributed by atoms with Crippen molar-refractivity contribution in [2.75, 3.05) is 0 Å². The molecule has 1 aliphatic carbocycles. The van der Waals surface area contributed by atoms with Crippen molar-refractivity contribution in [2.45, 2.75) is 37.6 Å². The van der Waals surface area contributed by atoms with Crippen molar-refractivity contribution in [1.82, 2.24) is 9.55 Å². The Morgan fingerprint density at radius 1 is 1.46 bits per heavy atom. The lowest BCUT2D eigenvalue weighted by Gasteiger charge is -2.28. The van der Waals surface area contributed by atoms with E-state index in [-0.39, 0.29) is 0 Å². The summed E-state index contributed by atoms with van der Waals surface area (Å²) in [6, 6.07) is 0.337. The van der Waals surface area contributed by atoms with Gasteiger partial charge in [-0.05, 0) is 12.8 Å². The summed E-state index contributed by atoms with van der Waals surface area (Å²) >= 11 is 0. The molecule has 2 unspecified atom stereocenters. The highest BCUT2D eigenvalue weighted by Gasteiger charge is 2.25. The Morgan fingerprint density at radius 2 is 2.23 bits per heavy atom. The smallest absolute Gasteiger partial charge is 0.0945 e. The summed E-state index contributed by atoms with van der Waals surface area (Å²) in [5, 5.41) is 0. The van der Waals surface area contributed by atoms with Crippen LogP contribution in [0.5, 0.6) is 0 Å². The first kappa shape index (κ1) is 8.75. The monoisotopic (exact) mass is 179 g/mol. The predicted octanol–water partition coefficient (Wildman–Crippen LogP) is 1.41. The summed E-state index contributed by atoms with van der Waals surface area (Å²) in [4.78, 5) is 4.14. The molecular formula is C10H17N3. The van der Waals surface area contributed by atoms with Crippen LogP contribution < -0.4 is 5.73 Å². The fraction of sp³-hybridized carbons (Fsp3) is 0.700. The SMILES string of the molecule is Cn1cncc1C1CCCCC1N. The maximum Gasteiger partial charge on any atom is 0.0945 e. The van der Waals surface area contributed by atoms with Crippen LogP contribution in [-0.4, -0.2) is 15.6 Å². The maximum atomic E-state index is 6.10. The second-order valence-corrected chi connectivity index (χ2v) is 3.98. The first-order chi connectivity index (χ1) is 6.29. The zero-order chi connectivity index (χ0) is 9.26. The van der Waals surface area contributed by atoms with E-state index in [4.69, 9.17) is 5.73 Å². The highest BCUT2D eigenvalue weighted by atomic mass is 15.0. The van der Waals surface area contributed by atoms with Crippen molar-refractivity contribution in [3.05, 3.63) is 18.2 Å². The molecule has 1 heterocycles. The van der Waals surface area contributed by atoms with Crippen LogP contribution in [0.2, 0.25) is 0 Å². The second-order valence-electron chi connectivity index (χ2n) is 3.98. The van der Waals surface area contributed by atoms with Crippen LogP contribution in [0.15, 0.2) is 12.5 Å². The Bertz CT molecular complexity index is 279. The van der Waals surface area contributed by atoms with Gasteiger partial charge in [0.2, 0.25) is 0 Å². The molecule has 2 N–H and O–H groups in total. The van der Waals surface area contributed by atoms with E-state index in [1.54, 1.807) is 0 Å². The Labute approximate surface area is 79.0 Å². The lowest BCUT2D eigenvalue weighted by molar-refractivity contribution is 0.374. The van der Waals surface area contributed by atoms with Gasteiger partial charge in [0.1, 0.15) is 0 Å². The van der Waals surface area contributed by atoms with Crippen LogP contribution in [0.3, 0.4) is 0 Å².